The summed E-state index contributed by atoms with van der Waals surface area (Å²) in [7, 11) is 0. The molecule has 1 saturated heterocycles. The largest absolute Gasteiger partial charge is 0.308 e. The van der Waals surface area contributed by atoms with Crippen LogP contribution in [0.15, 0.2) is 30.3 Å². The van der Waals surface area contributed by atoms with Gasteiger partial charge in [-0.15, -0.1) is 0 Å². The van der Waals surface area contributed by atoms with E-state index in [1.807, 2.05) is 0 Å². The topological polar surface area (TPSA) is 15.3 Å². The molecule has 1 aromatic carbocycles. The van der Waals surface area contributed by atoms with Gasteiger partial charge in [0, 0.05) is 25.7 Å². The zero-order chi connectivity index (χ0) is 14.5. The third-order valence-corrected chi connectivity index (χ3v) is 5.45. The minimum absolute atomic E-state index is 0.520. The fourth-order valence-electron chi connectivity index (χ4n) is 3.91. The van der Waals surface area contributed by atoms with Gasteiger partial charge in [0.25, 0.3) is 0 Å². The Morgan fingerprint density at radius 2 is 1.86 bits per heavy atom. The average Bonchev–Trinajstić information content (AvgIpc) is 2.55. The summed E-state index contributed by atoms with van der Waals surface area (Å²) in [4.78, 5) is 2.67. The van der Waals surface area contributed by atoms with Gasteiger partial charge < -0.3 is 10.2 Å². The maximum absolute atomic E-state index is 3.67. The number of hydrogen-bond acceptors (Lipinski definition) is 2. The maximum atomic E-state index is 3.67. The molecule has 0 aromatic heterocycles. The molecule has 0 amide bonds. The summed E-state index contributed by atoms with van der Waals surface area (Å²) < 4.78 is 0. The van der Waals surface area contributed by atoms with Crippen LogP contribution in [0, 0.1) is 11.8 Å². The van der Waals surface area contributed by atoms with Crippen LogP contribution >= 0.6 is 0 Å². The first-order valence-electron chi connectivity index (χ1n) is 8.82. The number of hydrogen-bond donors (Lipinski definition) is 1. The Hall–Kier alpha value is -0.860. The van der Waals surface area contributed by atoms with Crippen molar-refractivity contribution >= 4 is 0 Å². The SMILES string of the molecule is CC1CCC(CCN2CCNC(c3ccccc3)C2)CC1. The highest BCUT2D eigenvalue weighted by Gasteiger charge is 2.22. The van der Waals surface area contributed by atoms with Crippen LogP contribution in [0.3, 0.4) is 0 Å². The van der Waals surface area contributed by atoms with Gasteiger partial charge in [-0.05, 0) is 30.4 Å². The van der Waals surface area contributed by atoms with Crippen molar-refractivity contribution in [1.82, 2.24) is 10.2 Å². The van der Waals surface area contributed by atoms with E-state index in [0.717, 1.165) is 18.4 Å². The smallest absolute Gasteiger partial charge is 0.0449 e. The van der Waals surface area contributed by atoms with Gasteiger partial charge in [0.1, 0.15) is 0 Å². The number of nitrogens with one attached hydrogen (secondary N) is 1. The lowest BCUT2D eigenvalue weighted by atomic mass is 9.81. The molecule has 0 spiro atoms. The summed E-state index contributed by atoms with van der Waals surface area (Å²) in [6, 6.07) is 11.4. The molecular weight excluding hydrogens is 256 g/mol. The molecule has 1 unspecified atom stereocenters. The van der Waals surface area contributed by atoms with Crippen molar-refractivity contribution in [2.75, 3.05) is 26.2 Å². The Kier molecular flexibility index (Phi) is 5.32. The molecule has 116 valence electrons. The monoisotopic (exact) mass is 286 g/mol. The molecule has 1 atom stereocenters. The summed E-state index contributed by atoms with van der Waals surface area (Å²) in [6.07, 6.45) is 7.26. The third-order valence-electron chi connectivity index (χ3n) is 5.45. The van der Waals surface area contributed by atoms with Gasteiger partial charge in [-0.1, -0.05) is 62.9 Å². The predicted molar refractivity (Wildman–Crippen MR) is 89.4 cm³/mol. The molecule has 1 saturated carbocycles. The van der Waals surface area contributed by atoms with Gasteiger partial charge in [-0.3, -0.25) is 0 Å². The van der Waals surface area contributed by atoms with Gasteiger partial charge in [-0.2, -0.15) is 0 Å². The molecule has 1 heterocycles. The van der Waals surface area contributed by atoms with Crippen molar-refractivity contribution < 1.29 is 0 Å². The van der Waals surface area contributed by atoms with Gasteiger partial charge in [-0.25, -0.2) is 0 Å². The van der Waals surface area contributed by atoms with Crippen LogP contribution in [-0.4, -0.2) is 31.1 Å². The molecular formula is C19H30N2. The van der Waals surface area contributed by atoms with E-state index in [4.69, 9.17) is 0 Å². The number of piperazine rings is 1. The Balaban J connectivity index is 1.46. The molecule has 1 aliphatic heterocycles. The van der Waals surface area contributed by atoms with Crippen LogP contribution in [0.2, 0.25) is 0 Å². The van der Waals surface area contributed by atoms with Gasteiger partial charge >= 0.3 is 0 Å². The molecule has 21 heavy (non-hydrogen) atoms. The quantitative estimate of drug-likeness (QED) is 0.904. The lowest BCUT2D eigenvalue weighted by Gasteiger charge is -2.35. The Labute approximate surface area is 129 Å². The van der Waals surface area contributed by atoms with Gasteiger partial charge in [0.2, 0.25) is 0 Å². The van der Waals surface area contributed by atoms with E-state index in [2.05, 4.69) is 47.5 Å². The molecule has 2 aliphatic rings. The van der Waals surface area contributed by atoms with Crippen LogP contribution in [0.4, 0.5) is 0 Å². The van der Waals surface area contributed by atoms with Crippen molar-refractivity contribution in [2.24, 2.45) is 11.8 Å². The molecule has 1 N–H and O–H groups in total. The molecule has 0 bridgehead atoms. The van der Waals surface area contributed by atoms with E-state index in [1.54, 1.807) is 0 Å². The summed E-state index contributed by atoms with van der Waals surface area (Å²) in [5, 5.41) is 3.67. The summed E-state index contributed by atoms with van der Waals surface area (Å²) in [6.45, 7) is 7.22. The Morgan fingerprint density at radius 3 is 2.62 bits per heavy atom. The van der Waals surface area contributed by atoms with E-state index in [9.17, 15) is 0 Å². The van der Waals surface area contributed by atoms with E-state index in [0.29, 0.717) is 6.04 Å². The normalized spacial score (nSPS) is 31.2. The van der Waals surface area contributed by atoms with E-state index < -0.39 is 0 Å². The molecule has 1 aliphatic carbocycles. The van der Waals surface area contributed by atoms with E-state index in [1.165, 1.54) is 57.3 Å². The standard InChI is InChI=1S/C19H30N2/c1-16-7-9-17(10-8-16)11-13-21-14-12-20-19(15-21)18-5-3-2-4-6-18/h2-6,16-17,19-20H,7-15H2,1H3. The van der Waals surface area contributed by atoms with Crippen LogP contribution in [-0.2, 0) is 0 Å². The fraction of sp³-hybridized carbons (Fsp3) is 0.684. The number of rotatable bonds is 4. The van der Waals surface area contributed by atoms with Gasteiger partial charge in [0.05, 0.1) is 0 Å². The Bertz CT molecular complexity index is 409. The first-order chi connectivity index (χ1) is 10.3. The first-order valence-corrected chi connectivity index (χ1v) is 8.82. The van der Waals surface area contributed by atoms with Crippen LogP contribution in [0.5, 0.6) is 0 Å². The lowest BCUT2D eigenvalue weighted by Crippen LogP contribution is -2.46. The Morgan fingerprint density at radius 1 is 1.10 bits per heavy atom. The van der Waals surface area contributed by atoms with Crippen molar-refractivity contribution in [1.29, 1.82) is 0 Å². The van der Waals surface area contributed by atoms with Crippen LogP contribution in [0.1, 0.15) is 50.6 Å². The second-order valence-corrected chi connectivity index (χ2v) is 7.13. The molecule has 2 heteroatoms. The predicted octanol–water partition coefficient (Wildman–Crippen LogP) is 3.85. The van der Waals surface area contributed by atoms with E-state index >= 15 is 0 Å². The molecule has 1 aromatic rings. The van der Waals surface area contributed by atoms with Crippen LogP contribution in [0.25, 0.3) is 0 Å². The van der Waals surface area contributed by atoms with Crippen molar-refractivity contribution in [3.8, 4) is 0 Å². The molecule has 2 fully saturated rings. The highest BCUT2D eigenvalue weighted by Crippen LogP contribution is 2.30. The number of nitrogens with zero attached hydrogens (tertiary/aromatic N) is 1. The zero-order valence-corrected chi connectivity index (χ0v) is 13.4. The molecule has 3 rings (SSSR count). The maximum Gasteiger partial charge on any atom is 0.0449 e. The van der Waals surface area contributed by atoms with Crippen molar-refractivity contribution in [3.05, 3.63) is 35.9 Å². The highest BCUT2D eigenvalue weighted by atomic mass is 15.2. The minimum Gasteiger partial charge on any atom is -0.308 e. The molecule has 2 nitrogen and oxygen atoms in total. The summed E-state index contributed by atoms with van der Waals surface area (Å²) in [5.74, 6) is 1.97. The second kappa shape index (κ2) is 7.42. The highest BCUT2D eigenvalue weighted by molar-refractivity contribution is 5.19. The average molecular weight is 286 g/mol. The number of benzene rings is 1. The third kappa shape index (κ3) is 4.31. The lowest BCUT2D eigenvalue weighted by molar-refractivity contribution is 0.174. The molecule has 0 radical (unpaired) electrons. The summed E-state index contributed by atoms with van der Waals surface area (Å²) in [5.41, 5.74) is 1.44. The zero-order valence-electron chi connectivity index (χ0n) is 13.4. The minimum atomic E-state index is 0.520. The van der Waals surface area contributed by atoms with Crippen molar-refractivity contribution in [2.45, 2.75) is 45.1 Å². The van der Waals surface area contributed by atoms with Gasteiger partial charge in [0.15, 0.2) is 0 Å². The van der Waals surface area contributed by atoms with Crippen LogP contribution < -0.4 is 5.32 Å². The fourth-order valence-corrected chi connectivity index (χ4v) is 3.91. The summed E-state index contributed by atoms with van der Waals surface area (Å²) >= 11 is 0. The van der Waals surface area contributed by atoms with E-state index in [-0.39, 0.29) is 0 Å². The first kappa shape index (κ1) is 15.1. The second-order valence-electron chi connectivity index (χ2n) is 7.13. The van der Waals surface area contributed by atoms with Crippen molar-refractivity contribution in [3.63, 3.8) is 0 Å².